The van der Waals surface area contributed by atoms with Crippen LogP contribution < -0.4 is 4.74 Å². The number of ketones is 1. The highest BCUT2D eigenvalue weighted by atomic mass is 16.5. The van der Waals surface area contributed by atoms with E-state index in [2.05, 4.69) is 4.98 Å². The van der Waals surface area contributed by atoms with Gasteiger partial charge in [0.05, 0.1) is 18.4 Å². The van der Waals surface area contributed by atoms with Gasteiger partial charge in [-0.05, 0) is 18.2 Å². The monoisotopic (exact) mass is 285 g/mol. The van der Waals surface area contributed by atoms with Gasteiger partial charge in [-0.3, -0.25) is 4.79 Å². The van der Waals surface area contributed by atoms with Gasteiger partial charge < -0.3 is 9.84 Å². The Morgan fingerprint density at radius 1 is 1.14 bits per heavy atom. The molecule has 0 saturated carbocycles. The summed E-state index contributed by atoms with van der Waals surface area (Å²) < 4.78 is 5.12. The molecular weight excluding hydrogens is 270 g/mol. The molecule has 1 N–H and O–H groups in total. The van der Waals surface area contributed by atoms with E-state index in [0.29, 0.717) is 23.6 Å². The second-order valence-electron chi connectivity index (χ2n) is 4.44. The molecule has 1 heterocycles. The molecule has 108 valence electrons. The summed E-state index contributed by atoms with van der Waals surface area (Å²) in [6.07, 6.45) is 0.393. The molecule has 0 fully saturated rings. The maximum atomic E-state index is 11.8. The molecular formula is C16H15NO4. The highest BCUT2D eigenvalue weighted by Crippen LogP contribution is 2.23. The molecule has 0 saturated heterocycles. The summed E-state index contributed by atoms with van der Waals surface area (Å²) in [7, 11) is 1.49. The molecule has 1 aromatic carbocycles. The number of carboxylic acid groups (broad SMARTS) is 1. The molecule has 5 nitrogen and oxygen atoms in total. The zero-order valence-electron chi connectivity index (χ0n) is 11.8. The smallest absolute Gasteiger partial charge is 0.335 e. The minimum atomic E-state index is -0.984. The van der Waals surface area contributed by atoms with E-state index < -0.39 is 5.97 Å². The third-order valence-electron chi connectivity index (χ3n) is 3.08. The van der Waals surface area contributed by atoms with Crippen molar-refractivity contribution in [1.82, 2.24) is 4.98 Å². The lowest BCUT2D eigenvalue weighted by Crippen LogP contribution is -2.01. The van der Waals surface area contributed by atoms with Gasteiger partial charge in [0, 0.05) is 23.6 Å². The molecule has 5 heteroatoms. The second kappa shape index (κ2) is 6.17. The van der Waals surface area contributed by atoms with Gasteiger partial charge in [-0.1, -0.05) is 19.1 Å². The van der Waals surface area contributed by atoms with E-state index in [1.54, 1.807) is 31.2 Å². The molecule has 1 aromatic heterocycles. The van der Waals surface area contributed by atoms with Crippen molar-refractivity contribution in [3.05, 3.63) is 47.5 Å². The standard InChI is InChI=1S/C16H15NO4/c1-3-14(18)12-8-13(17-15(9-12)21-2)10-4-6-11(7-5-10)16(19)20/h4-9H,3H2,1-2H3,(H,19,20). The van der Waals surface area contributed by atoms with Gasteiger partial charge in [-0.15, -0.1) is 0 Å². The van der Waals surface area contributed by atoms with Crippen LogP contribution in [0.15, 0.2) is 36.4 Å². The number of hydrogen-bond donors (Lipinski definition) is 1. The Hall–Kier alpha value is -2.69. The lowest BCUT2D eigenvalue weighted by atomic mass is 10.0. The third-order valence-corrected chi connectivity index (χ3v) is 3.08. The summed E-state index contributed by atoms with van der Waals surface area (Å²) in [5.74, 6) is -0.632. The molecule has 21 heavy (non-hydrogen) atoms. The lowest BCUT2D eigenvalue weighted by Gasteiger charge is -2.07. The van der Waals surface area contributed by atoms with Crippen LogP contribution in [-0.2, 0) is 0 Å². The summed E-state index contributed by atoms with van der Waals surface area (Å²) in [4.78, 5) is 27.0. The van der Waals surface area contributed by atoms with Crippen LogP contribution in [0.2, 0.25) is 0 Å². The average Bonchev–Trinajstić information content (AvgIpc) is 2.53. The first-order chi connectivity index (χ1) is 10.0. The van der Waals surface area contributed by atoms with Crippen LogP contribution in [0.5, 0.6) is 5.88 Å². The van der Waals surface area contributed by atoms with Crippen LogP contribution >= 0.6 is 0 Å². The van der Waals surface area contributed by atoms with E-state index in [0.717, 1.165) is 5.56 Å². The Bertz CT molecular complexity index is 677. The van der Waals surface area contributed by atoms with Crippen LogP contribution in [0, 0.1) is 0 Å². The number of pyridine rings is 1. The molecule has 0 amide bonds. The van der Waals surface area contributed by atoms with Crippen LogP contribution in [0.1, 0.15) is 34.1 Å². The number of carbonyl (C=O) groups excluding carboxylic acids is 1. The number of aromatic carboxylic acids is 1. The van der Waals surface area contributed by atoms with Crippen molar-refractivity contribution < 1.29 is 19.4 Å². The third kappa shape index (κ3) is 3.25. The zero-order chi connectivity index (χ0) is 15.4. The molecule has 0 radical (unpaired) electrons. The fraction of sp³-hybridized carbons (Fsp3) is 0.188. The fourth-order valence-electron chi connectivity index (χ4n) is 1.91. The zero-order valence-corrected chi connectivity index (χ0v) is 11.8. The van der Waals surface area contributed by atoms with Crippen molar-refractivity contribution in [2.24, 2.45) is 0 Å². The van der Waals surface area contributed by atoms with Gasteiger partial charge in [-0.2, -0.15) is 0 Å². The topological polar surface area (TPSA) is 76.5 Å². The summed E-state index contributed by atoms with van der Waals surface area (Å²) in [5, 5.41) is 8.90. The summed E-state index contributed by atoms with van der Waals surface area (Å²) in [6, 6.07) is 9.60. The minimum absolute atomic E-state index is 0.000828. The van der Waals surface area contributed by atoms with E-state index in [9.17, 15) is 9.59 Å². The van der Waals surface area contributed by atoms with Gasteiger partial charge in [0.2, 0.25) is 5.88 Å². The van der Waals surface area contributed by atoms with Gasteiger partial charge in [0.25, 0.3) is 0 Å². The summed E-state index contributed by atoms with van der Waals surface area (Å²) in [6.45, 7) is 1.79. The lowest BCUT2D eigenvalue weighted by molar-refractivity contribution is 0.0696. The first-order valence-corrected chi connectivity index (χ1v) is 6.48. The first-order valence-electron chi connectivity index (χ1n) is 6.48. The molecule has 2 aromatic rings. The number of benzene rings is 1. The summed E-state index contributed by atoms with van der Waals surface area (Å²) in [5.41, 5.74) is 2.03. The summed E-state index contributed by atoms with van der Waals surface area (Å²) >= 11 is 0. The number of rotatable bonds is 5. The minimum Gasteiger partial charge on any atom is -0.481 e. The van der Waals surface area contributed by atoms with Crippen molar-refractivity contribution in [3.8, 4) is 17.1 Å². The molecule has 0 unspecified atom stereocenters. The SMILES string of the molecule is CCC(=O)c1cc(OC)nc(-c2ccc(C(=O)O)cc2)c1. The first kappa shape index (κ1) is 14.7. The number of hydrogen-bond acceptors (Lipinski definition) is 4. The predicted octanol–water partition coefficient (Wildman–Crippen LogP) is 3.05. The Labute approximate surface area is 122 Å². The normalized spacial score (nSPS) is 10.2. The highest BCUT2D eigenvalue weighted by Gasteiger charge is 2.11. The molecule has 0 atom stereocenters. The van der Waals surface area contributed by atoms with Crippen molar-refractivity contribution in [2.75, 3.05) is 7.11 Å². The van der Waals surface area contributed by atoms with Crippen LogP contribution in [0.25, 0.3) is 11.3 Å². The molecule has 0 aliphatic heterocycles. The largest absolute Gasteiger partial charge is 0.481 e. The maximum absolute atomic E-state index is 11.8. The van der Waals surface area contributed by atoms with E-state index in [-0.39, 0.29) is 11.3 Å². The van der Waals surface area contributed by atoms with Crippen molar-refractivity contribution in [2.45, 2.75) is 13.3 Å². The Balaban J connectivity index is 2.47. The average molecular weight is 285 g/mol. The van der Waals surface area contributed by atoms with Crippen LogP contribution in [0.4, 0.5) is 0 Å². The fourth-order valence-corrected chi connectivity index (χ4v) is 1.91. The molecule has 2 rings (SSSR count). The van der Waals surface area contributed by atoms with Gasteiger partial charge in [0.15, 0.2) is 5.78 Å². The Kier molecular flexibility index (Phi) is 4.33. The molecule has 0 aliphatic carbocycles. The van der Waals surface area contributed by atoms with E-state index in [1.165, 1.54) is 19.2 Å². The van der Waals surface area contributed by atoms with Crippen molar-refractivity contribution >= 4 is 11.8 Å². The van der Waals surface area contributed by atoms with Gasteiger partial charge >= 0.3 is 5.97 Å². The number of methoxy groups -OCH3 is 1. The highest BCUT2D eigenvalue weighted by molar-refractivity contribution is 5.97. The van der Waals surface area contributed by atoms with Crippen molar-refractivity contribution in [3.63, 3.8) is 0 Å². The predicted molar refractivity (Wildman–Crippen MR) is 77.8 cm³/mol. The van der Waals surface area contributed by atoms with E-state index in [4.69, 9.17) is 9.84 Å². The number of nitrogens with zero attached hydrogens (tertiary/aromatic N) is 1. The Morgan fingerprint density at radius 3 is 2.33 bits per heavy atom. The second-order valence-corrected chi connectivity index (χ2v) is 4.44. The number of carbonyl (C=O) groups is 2. The van der Waals surface area contributed by atoms with Crippen molar-refractivity contribution in [1.29, 1.82) is 0 Å². The van der Waals surface area contributed by atoms with Gasteiger partial charge in [-0.25, -0.2) is 9.78 Å². The number of Topliss-reactive ketones (excluding diaryl/α,β-unsaturated/α-hetero) is 1. The number of ether oxygens (including phenoxy) is 1. The number of aromatic nitrogens is 1. The van der Waals surface area contributed by atoms with Crippen LogP contribution in [0.3, 0.4) is 0 Å². The van der Waals surface area contributed by atoms with Gasteiger partial charge in [0.1, 0.15) is 0 Å². The molecule has 0 bridgehead atoms. The number of carboxylic acids is 1. The Morgan fingerprint density at radius 2 is 1.81 bits per heavy atom. The maximum Gasteiger partial charge on any atom is 0.335 e. The van der Waals surface area contributed by atoms with E-state index in [1.807, 2.05) is 0 Å². The molecule has 0 spiro atoms. The quantitative estimate of drug-likeness (QED) is 0.854. The van der Waals surface area contributed by atoms with E-state index >= 15 is 0 Å². The van der Waals surface area contributed by atoms with Crippen LogP contribution in [-0.4, -0.2) is 29.0 Å². The molecule has 0 aliphatic rings.